The quantitative estimate of drug-likeness (QED) is 0.643. The summed E-state index contributed by atoms with van der Waals surface area (Å²) in [4.78, 5) is 18.6. The highest BCUT2D eigenvalue weighted by Gasteiger charge is 2.19. The molecule has 0 saturated heterocycles. The Hall–Kier alpha value is -3.12. The normalized spacial score (nSPS) is 14.1. The van der Waals surface area contributed by atoms with Gasteiger partial charge in [0.05, 0.1) is 18.4 Å². The number of rotatable bonds is 4. The number of hydrogen-bond donors (Lipinski definition) is 0. The fourth-order valence-corrected chi connectivity index (χ4v) is 3.29. The Morgan fingerprint density at radius 2 is 1.96 bits per heavy atom. The number of hydrogen-bond acceptors (Lipinski definition) is 6. The number of ether oxygens (including phenoxy) is 2. The molecule has 0 fully saturated rings. The summed E-state index contributed by atoms with van der Waals surface area (Å²) >= 11 is 0. The van der Waals surface area contributed by atoms with Gasteiger partial charge in [0.1, 0.15) is 18.1 Å². The zero-order valence-corrected chi connectivity index (χ0v) is 16.0. The van der Waals surface area contributed by atoms with Crippen LogP contribution in [0.25, 0.3) is 11.5 Å². The van der Waals surface area contributed by atoms with Gasteiger partial charge in [0.25, 0.3) is 0 Å². The lowest BCUT2D eigenvalue weighted by Gasteiger charge is -2.17. The van der Waals surface area contributed by atoms with Crippen LogP contribution in [0.5, 0.6) is 5.75 Å². The SMILES string of the molecule is COC(=O)c1ccc(-c2nc(CN3CCOc4ccccc4C3)c(C)o2)cc1. The first kappa shape index (κ1) is 18.3. The minimum Gasteiger partial charge on any atom is -0.492 e. The number of carbonyl (C=O) groups is 1. The fraction of sp³-hybridized carbons (Fsp3) is 0.273. The summed E-state index contributed by atoms with van der Waals surface area (Å²) in [5.74, 6) is 1.94. The molecule has 0 spiro atoms. The highest BCUT2D eigenvalue weighted by molar-refractivity contribution is 5.89. The average molecular weight is 378 g/mol. The molecule has 1 aliphatic heterocycles. The van der Waals surface area contributed by atoms with Gasteiger partial charge in [-0.3, -0.25) is 4.90 Å². The third-order valence-corrected chi connectivity index (χ3v) is 4.85. The van der Waals surface area contributed by atoms with Gasteiger partial charge in [0.2, 0.25) is 5.89 Å². The maximum atomic E-state index is 11.6. The molecule has 6 heteroatoms. The lowest BCUT2D eigenvalue weighted by molar-refractivity contribution is 0.0600. The van der Waals surface area contributed by atoms with Crippen molar-refractivity contribution in [2.24, 2.45) is 0 Å². The molecule has 0 N–H and O–H groups in total. The predicted octanol–water partition coefficient (Wildman–Crippen LogP) is 3.83. The van der Waals surface area contributed by atoms with Gasteiger partial charge in [0.15, 0.2) is 0 Å². The maximum Gasteiger partial charge on any atom is 0.337 e. The van der Waals surface area contributed by atoms with Crippen molar-refractivity contribution in [2.75, 3.05) is 20.3 Å². The third-order valence-electron chi connectivity index (χ3n) is 4.85. The Kier molecular flexibility index (Phi) is 5.12. The number of nitrogens with zero attached hydrogens (tertiary/aromatic N) is 2. The van der Waals surface area contributed by atoms with Gasteiger partial charge in [-0.1, -0.05) is 18.2 Å². The van der Waals surface area contributed by atoms with Gasteiger partial charge in [-0.2, -0.15) is 0 Å². The topological polar surface area (TPSA) is 64.8 Å². The lowest BCUT2D eigenvalue weighted by Crippen LogP contribution is -2.25. The van der Waals surface area contributed by atoms with E-state index in [0.717, 1.165) is 35.9 Å². The number of fused-ring (bicyclic) bond motifs is 1. The number of oxazole rings is 1. The molecule has 6 nitrogen and oxygen atoms in total. The molecule has 0 aliphatic carbocycles. The van der Waals surface area contributed by atoms with Crippen molar-refractivity contribution in [1.82, 2.24) is 9.88 Å². The molecular weight excluding hydrogens is 356 g/mol. The van der Waals surface area contributed by atoms with E-state index in [1.807, 2.05) is 37.3 Å². The lowest BCUT2D eigenvalue weighted by atomic mass is 10.1. The van der Waals surface area contributed by atoms with E-state index < -0.39 is 0 Å². The molecule has 28 heavy (non-hydrogen) atoms. The van der Waals surface area contributed by atoms with Crippen molar-refractivity contribution < 1.29 is 18.7 Å². The Bertz CT molecular complexity index is 978. The van der Waals surface area contributed by atoms with Crippen molar-refractivity contribution in [3.05, 3.63) is 71.1 Å². The number of carbonyl (C=O) groups excluding carboxylic acids is 1. The van der Waals surface area contributed by atoms with E-state index in [-0.39, 0.29) is 5.97 Å². The summed E-state index contributed by atoms with van der Waals surface area (Å²) in [6, 6.07) is 15.2. The van der Waals surface area contributed by atoms with Gasteiger partial charge in [-0.25, -0.2) is 9.78 Å². The zero-order chi connectivity index (χ0) is 19.5. The molecular formula is C22H22N2O4. The van der Waals surface area contributed by atoms with E-state index in [9.17, 15) is 4.79 Å². The molecule has 3 aromatic rings. The monoisotopic (exact) mass is 378 g/mol. The number of aryl methyl sites for hydroxylation is 1. The van der Waals surface area contributed by atoms with Gasteiger partial charge in [-0.15, -0.1) is 0 Å². The van der Waals surface area contributed by atoms with Crippen molar-refractivity contribution in [2.45, 2.75) is 20.0 Å². The first-order valence-corrected chi connectivity index (χ1v) is 9.22. The molecule has 4 rings (SSSR count). The summed E-state index contributed by atoms with van der Waals surface area (Å²) in [5, 5.41) is 0. The van der Waals surface area contributed by atoms with Crippen LogP contribution in [-0.4, -0.2) is 36.1 Å². The second-order valence-corrected chi connectivity index (χ2v) is 6.76. The average Bonchev–Trinajstić information content (AvgIpc) is 2.96. The molecule has 0 amide bonds. The molecule has 0 saturated carbocycles. The number of aromatic nitrogens is 1. The van der Waals surface area contributed by atoms with Crippen LogP contribution >= 0.6 is 0 Å². The Balaban J connectivity index is 1.51. The van der Waals surface area contributed by atoms with Crippen LogP contribution in [0.2, 0.25) is 0 Å². The highest BCUT2D eigenvalue weighted by atomic mass is 16.5. The molecule has 1 aromatic heterocycles. The molecule has 0 atom stereocenters. The molecule has 0 radical (unpaired) electrons. The third kappa shape index (κ3) is 3.77. The standard InChI is InChI=1S/C22H22N2O4/c1-15-19(14-24-11-12-27-20-6-4-3-5-18(20)13-24)23-21(28-15)16-7-9-17(10-8-16)22(25)26-2/h3-10H,11-14H2,1-2H3. The van der Waals surface area contributed by atoms with E-state index in [0.29, 0.717) is 24.6 Å². The molecule has 1 aliphatic rings. The van der Waals surface area contributed by atoms with Crippen LogP contribution < -0.4 is 4.74 Å². The van der Waals surface area contributed by atoms with Crippen LogP contribution in [0.15, 0.2) is 52.9 Å². The molecule has 0 unspecified atom stereocenters. The minimum atomic E-state index is -0.362. The summed E-state index contributed by atoms with van der Waals surface area (Å²) < 4.78 is 16.5. The first-order valence-electron chi connectivity index (χ1n) is 9.22. The first-order chi connectivity index (χ1) is 13.6. The Morgan fingerprint density at radius 3 is 2.75 bits per heavy atom. The number of esters is 1. The van der Waals surface area contributed by atoms with Crippen molar-refractivity contribution >= 4 is 5.97 Å². The molecule has 2 heterocycles. The maximum absolute atomic E-state index is 11.6. The number of methoxy groups -OCH3 is 1. The Labute approximate surface area is 163 Å². The summed E-state index contributed by atoms with van der Waals surface area (Å²) in [6.07, 6.45) is 0. The van der Waals surface area contributed by atoms with Gasteiger partial charge < -0.3 is 13.9 Å². The van der Waals surface area contributed by atoms with Crippen molar-refractivity contribution in [1.29, 1.82) is 0 Å². The number of para-hydroxylation sites is 1. The molecule has 2 aromatic carbocycles. The fourth-order valence-electron chi connectivity index (χ4n) is 3.29. The minimum absolute atomic E-state index is 0.362. The van der Waals surface area contributed by atoms with Crippen molar-refractivity contribution in [3.63, 3.8) is 0 Å². The van der Waals surface area contributed by atoms with Crippen molar-refractivity contribution in [3.8, 4) is 17.2 Å². The van der Waals surface area contributed by atoms with Crippen LogP contribution in [-0.2, 0) is 17.8 Å². The van der Waals surface area contributed by atoms with E-state index in [2.05, 4.69) is 11.0 Å². The van der Waals surface area contributed by atoms with Gasteiger partial charge >= 0.3 is 5.97 Å². The van der Waals surface area contributed by atoms with Crippen LogP contribution in [0.4, 0.5) is 0 Å². The smallest absolute Gasteiger partial charge is 0.337 e. The van der Waals surface area contributed by atoms with E-state index >= 15 is 0 Å². The van der Waals surface area contributed by atoms with Gasteiger partial charge in [0, 0.05) is 30.8 Å². The summed E-state index contributed by atoms with van der Waals surface area (Å²) in [6.45, 7) is 4.90. The number of benzene rings is 2. The highest BCUT2D eigenvalue weighted by Crippen LogP contribution is 2.26. The Morgan fingerprint density at radius 1 is 1.18 bits per heavy atom. The van der Waals surface area contributed by atoms with E-state index in [1.165, 1.54) is 12.7 Å². The van der Waals surface area contributed by atoms with Crippen LogP contribution in [0.3, 0.4) is 0 Å². The zero-order valence-electron chi connectivity index (χ0n) is 16.0. The largest absolute Gasteiger partial charge is 0.492 e. The van der Waals surface area contributed by atoms with Gasteiger partial charge in [-0.05, 0) is 37.3 Å². The van der Waals surface area contributed by atoms with E-state index in [1.54, 1.807) is 12.1 Å². The second-order valence-electron chi connectivity index (χ2n) is 6.76. The van der Waals surface area contributed by atoms with Crippen LogP contribution in [0.1, 0.15) is 27.4 Å². The summed E-state index contributed by atoms with van der Waals surface area (Å²) in [7, 11) is 1.37. The second kappa shape index (κ2) is 7.86. The summed E-state index contributed by atoms with van der Waals surface area (Å²) in [5.41, 5.74) is 3.41. The molecule has 144 valence electrons. The van der Waals surface area contributed by atoms with Crippen LogP contribution in [0, 0.1) is 6.92 Å². The predicted molar refractivity (Wildman–Crippen MR) is 104 cm³/mol. The molecule has 0 bridgehead atoms. The van der Waals surface area contributed by atoms with E-state index in [4.69, 9.17) is 18.9 Å².